The fourth-order valence-corrected chi connectivity index (χ4v) is 4.53. The third kappa shape index (κ3) is 5.50. The van der Waals surface area contributed by atoms with E-state index in [0.717, 1.165) is 36.6 Å². The summed E-state index contributed by atoms with van der Waals surface area (Å²) in [6, 6.07) is 10.3. The Kier molecular flexibility index (Phi) is 6.85. The number of halogens is 2. The number of carbonyl (C=O) groups excluding carboxylic acids is 1. The van der Waals surface area contributed by atoms with Crippen molar-refractivity contribution < 1.29 is 4.79 Å². The molecular weight excluding hydrogens is 467 g/mol. The lowest BCUT2D eigenvalue weighted by molar-refractivity contribution is 0.102. The second kappa shape index (κ2) is 9.62. The van der Waals surface area contributed by atoms with Gasteiger partial charge in [0.15, 0.2) is 0 Å². The number of nitrogens with two attached hydrogens (primary N) is 1. The molecular formula is C22H22Cl2N6OS. The molecule has 1 aromatic carbocycles. The SMILES string of the molecule is CC1(N)CCN(c2cnc(Sc3cccc(NC(=O)c4cccc(Cl)n4)c3Cl)cn2)CC1. The molecule has 0 radical (unpaired) electrons. The fourth-order valence-electron chi connectivity index (χ4n) is 3.29. The zero-order valence-corrected chi connectivity index (χ0v) is 19.7. The fraction of sp³-hybridized carbons (Fsp3) is 0.273. The minimum absolute atomic E-state index is 0.111. The van der Waals surface area contributed by atoms with Crippen LogP contribution in [0.15, 0.2) is 58.7 Å². The molecule has 3 heterocycles. The summed E-state index contributed by atoms with van der Waals surface area (Å²) in [7, 11) is 0. The molecule has 1 aliphatic heterocycles. The second-order valence-corrected chi connectivity index (χ2v) is 9.70. The van der Waals surface area contributed by atoms with Gasteiger partial charge >= 0.3 is 0 Å². The van der Waals surface area contributed by atoms with Crippen LogP contribution in [0.4, 0.5) is 11.5 Å². The first-order valence-corrected chi connectivity index (χ1v) is 11.6. The number of piperidine rings is 1. The van der Waals surface area contributed by atoms with Gasteiger partial charge in [0.1, 0.15) is 21.7 Å². The highest BCUT2D eigenvalue weighted by atomic mass is 35.5. The van der Waals surface area contributed by atoms with Crippen LogP contribution in [0.1, 0.15) is 30.3 Å². The maximum atomic E-state index is 12.5. The number of pyridine rings is 1. The maximum absolute atomic E-state index is 12.5. The average molecular weight is 489 g/mol. The minimum Gasteiger partial charge on any atom is -0.355 e. The number of aromatic nitrogens is 3. The van der Waals surface area contributed by atoms with E-state index in [1.807, 2.05) is 12.1 Å². The summed E-state index contributed by atoms with van der Waals surface area (Å²) in [6.45, 7) is 3.81. The Balaban J connectivity index is 1.44. The molecule has 0 aliphatic carbocycles. The summed E-state index contributed by atoms with van der Waals surface area (Å²) < 4.78 is 0. The highest BCUT2D eigenvalue weighted by Gasteiger charge is 2.26. The Bertz CT molecular complexity index is 1120. The van der Waals surface area contributed by atoms with Crippen LogP contribution in [-0.4, -0.2) is 39.5 Å². The maximum Gasteiger partial charge on any atom is 0.274 e. The van der Waals surface area contributed by atoms with Crippen molar-refractivity contribution in [3.05, 3.63) is 64.7 Å². The van der Waals surface area contributed by atoms with Crippen molar-refractivity contribution in [2.45, 2.75) is 35.2 Å². The van der Waals surface area contributed by atoms with Crippen molar-refractivity contribution in [2.24, 2.45) is 5.73 Å². The zero-order chi connectivity index (χ0) is 22.7. The van der Waals surface area contributed by atoms with Crippen LogP contribution in [0.5, 0.6) is 0 Å². The van der Waals surface area contributed by atoms with E-state index in [-0.39, 0.29) is 16.4 Å². The van der Waals surface area contributed by atoms with Gasteiger partial charge < -0.3 is 16.0 Å². The molecule has 0 unspecified atom stereocenters. The molecule has 1 amide bonds. The third-order valence-corrected chi connectivity index (χ3v) is 6.93. The molecule has 0 atom stereocenters. The monoisotopic (exact) mass is 488 g/mol. The second-order valence-electron chi connectivity index (χ2n) is 7.87. The van der Waals surface area contributed by atoms with Crippen LogP contribution in [0.25, 0.3) is 0 Å². The van der Waals surface area contributed by atoms with Gasteiger partial charge in [0.2, 0.25) is 0 Å². The van der Waals surface area contributed by atoms with Crippen LogP contribution in [0, 0.1) is 0 Å². The Morgan fingerprint density at radius 2 is 1.88 bits per heavy atom. The van der Waals surface area contributed by atoms with E-state index in [1.54, 1.807) is 36.7 Å². The third-order valence-electron chi connectivity index (χ3n) is 5.22. The molecule has 1 saturated heterocycles. The van der Waals surface area contributed by atoms with E-state index in [9.17, 15) is 4.79 Å². The van der Waals surface area contributed by atoms with Crippen LogP contribution in [0.3, 0.4) is 0 Å². The van der Waals surface area contributed by atoms with Crippen molar-refractivity contribution in [2.75, 3.05) is 23.3 Å². The molecule has 32 heavy (non-hydrogen) atoms. The first kappa shape index (κ1) is 22.8. The van der Waals surface area contributed by atoms with Gasteiger partial charge in [-0.05, 0) is 44.0 Å². The van der Waals surface area contributed by atoms with Gasteiger partial charge in [-0.2, -0.15) is 0 Å². The standard InChI is InChI=1S/C22H22Cl2N6OS/c1-22(25)8-10-30(11-9-22)18-12-27-19(13-26-18)32-16-6-2-4-14(20(16)24)29-21(31)15-5-3-7-17(23)28-15/h2-7,12-13H,8-11,25H2,1H3,(H,29,31). The number of hydrogen-bond acceptors (Lipinski definition) is 7. The molecule has 0 bridgehead atoms. The molecule has 3 N–H and O–H groups in total. The lowest BCUT2D eigenvalue weighted by Gasteiger charge is -2.37. The van der Waals surface area contributed by atoms with Crippen LogP contribution < -0.4 is 16.0 Å². The highest BCUT2D eigenvalue weighted by Crippen LogP contribution is 2.37. The Morgan fingerprint density at radius 1 is 1.12 bits per heavy atom. The molecule has 166 valence electrons. The van der Waals surface area contributed by atoms with E-state index in [0.29, 0.717) is 15.7 Å². The van der Waals surface area contributed by atoms with Crippen molar-refractivity contribution in [3.63, 3.8) is 0 Å². The Labute approximate surface area is 200 Å². The molecule has 7 nitrogen and oxygen atoms in total. The summed E-state index contributed by atoms with van der Waals surface area (Å²) in [5.74, 6) is 0.446. The largest absolute Gasteiger partial charge is 0.355 e. The average Bonchev–Trinajstić information content (AvgIpc) is 2.77. The van der Waals surface area contributed by atoms with Crippen molar-refractivity contribution >= 4 is 52.4 Å². The summed E-state index contributed by atoms with van der Waals surface area (Å²) in [6.07, 6.45) is 5.34. The summed E-state index contributed by atoms with van der Waals surface area (Å²) >= 11 is 13.8. The smallest absolute Gasteiger partial charge is 0.274 e. The quantitative estimate of drug-likeness (QED) is 0.492. The Morgan fingerprint density at radius 3 is 2.56 bits per heavy atom. The van der Waals surface area contributed by atoms with Crippen molar-refractivity contribution in [1.29, 1.82) is 0 Å². The number of carbonyl (C=O) groups is 1. The van der Waals surface area contributed by atoms with E-state index >= 15 is 0 Å². The first-order valence-electron chi connectivity index (χ1n) is 10.1. The van der Waals surface area contributed by atoms with Gasteiger partial charge in [0.05, 0.1) is 23.1 Å². The topological polar surface area (TPSA) is 97.0 Å². The summed E-state index contributed by atoms with van der Waals surface area (Å²) in [5, 5.41) is 4.15. The van der Waals surface area contributed by atoms with Gasteiger partial charge in [0, 0.05) is 23.5 Å². The zero-order valence-electron chi connectivity index (χ0n) is 17.4. The predicted molar refractivity (Wildman–Crippen MR) is 129 cm³/mol. The van der Waals surface area contributed by atoms with E-state index < -0.39 is 5.91 Å². The van der Waals surface area contributed by atoms with Crippen LogP contribution in [0.2, 0.25) is 10.2 Å². The number of hydrogen-bond donors (Lipinski definition) is 2. The first-order chi connectivity index (χ1) is 15.3. The van der Waals surface area contributed by atoms with Crippen molar-refractivity contribution in [3.8, 4) is 0 Å². The predicted octanol–water partition coefficient (Wildman–Crippen LogP) is 4.90. The van der Waals surface area contributed by atoms with Gasteiger partial charge in [-0.25, -0.2) is 15.0 Å². The van der Waals surface area contributed by atoms with Gasteiger partial charge in [-0.15, -0.1) is 0 Å². The minimum atomic E-state index is -0.393. The van der Waals surface area contributed by atoms with E-state index in [2.05, 4.69) is 32.1 Å². The molecule has 0 spiro atoms. The number of amides is 1. The Hall–Kier alpha value is -2.39. The lowest BCUT2D eigenvalue weighted by Crippen LogP contribution is -2.48. The van der Waals surface area contributed by atoms with Gasteiger partial charge in [-0.1, -0.05) is 47.1 Å². The van der Waals surface area contributed by atoms with Gasteiger partial charge in [0.25, 0.3) is 5.91 Å². The summed E-state index contributed by atoms with van der Waals surface area (Å²) in [5.41, 5.74) is 6.79. The normalized spacial score (nSPS) is 15.4. The lowest BCUT2D eigenvalue weighted by atomic mass is 9.91. The molecule has 10 heteroatoms. The number of nitrogens with one attached hydrogen (secondary N) is 1. The van der Waals surface area contributed by atoms with Crippen LogP contribution in [-0.2, 0) is 0 Å². The van der Waals surface area contributed by atoms with E-state index in [4.69, 9.17) is 28.9 Å². The molecule has 4 rings (SSSR count). The molecule has 3 aromatic rings. The van der Waals surface area contributed by atoms with Gasteiger partial charge in [-0.3, -0.25) is 4.79 Å². The molecule has 1 fully saturated rings. The number of benzene rings is 1. The summed E-state index contributed by atoms with van der Waals surface area (Å²) in [4.78, 5) is 28.5. The van der Waals surface area contributed by atoms with Crippen LogP contribution >= 0.6 is 35.0 Å². The number of anilines is 2. The van der Waals surface area contributed by atoms with E-state index in [1.165, 1.54) is 11.8 Å². The number of rotatable bonds is 5. The highest BCUT2D eigenvalue weighted by molar-refractivity contribution is 7.99. The molecule has 2 aromatic heterocycles. The molecule has 1 aliphatic rings. The van der Waals surface area contributed by atoms with Crippen molar-refractivity contribution in [1.82, 2.24) is 15.0 Å². The molecule has 0 saturated carbocycles. The number of nitrogens with zero attached hydrogens (tertiary/aromatic N) is 4.